The number of hydrogen-bond acceptors (Lipinski definition) is 2. The first-order valence-corrected chi connectivity index (χ1v) is 4.52. The maximum Gasteiger partial charge on any atom is 0.290 e. The largest absolute Gasteiger partial charge is 0.376 e. The van der Waals surface area contributed by atoms with Crippen molar-refractivity contribution < 1.29 is 4.52 Å². The first-order chi connectivity index (χ1) is 5.68. The third-order valence-electron chi connectivity index (χ3n) is 1.70. The molecule has 1 heterocycles. The summed E-state index contributed by atoms with van der Waals surface area (Å²) >= 11 is 2.18. The van der Waals surface area contributed by atoms with Crippen LogP contribution < -0.4 is 5.56 Å². The molecule has 1 aromatic carbocycles. The van der Waals surface area contributed by atoms with Crippen molar-refractivity contribution in [3.63, 3.8) is 0 Å². The molecule has 4 heteroatoms. The Morgan fingerprint density at radius 2 is 2.25 bits per heavy atom. The molecule has 0 aliphatic heterocycles. The van der Waals surface area contributed by atoms with Gasteiger partial charge in [0, 0.05) is 10.6 Å². The zero-order chi connectivity index (χ0) is 8.72. The molecule has 2 rings (SSSR count). The van der Waals surface area contributed by atoms with Gasteiger partial charge in [0.05, 0.1) is 5.39 Å². The van der Waals surface area contributed by atoms with E-state index in [9.17, 15) is 4.79 Å². The summed E-state index contributed by atoms with van der Waals surface area (Å²) in [6.07, 6.45) is 0. The van der Waals surface area contributed by atoms with E-state index in [0.717, 1.165) is 3.57 Å². The number of halogens is 1. The van der Waals surface area contributed by atoms with Crippen molar-refractivity contribution in [3.8, 4) is 0 Å². The highest BCUT2D eigenvalue weighted by Crippen LogP contribution is 2.13. The van der Waals surface area contributed by atoms with E-state index in [1.54, 1.807) is 13.1 Å². The van der Waals surface area contributed by atoms with Gasteiger partial charge in [-0.05, 0) is 40.8 Å². The highest BCUT2D eigenvalue weighted by Gasteiger charge is 2.05. The molecule has 0 aliphatic carbocycles. The number of aromatic nitrogens is 1. The molecule has 3 nitrogen and oxygen atoms in total. The van der Waals surface area contributed by atoms with E-state index < -0.39 is 0 Å². The number of benzene rings is 1. The van der Waals surface area contributed by atoms with Gasteiger partial charge in [-0.15, -0.1) is 0 Å². The second kappa shape index (κ2) is 2.62. The van der Waals surface area contributed by atoms with Crippen molar-refractivity contribution in [1.82, 2.24) is 4.74 Å². The lowest BCUT2D eigenvalue weighted by Crippen LogP contribution is -2.08. The lowest BCUT2D eigenvalue weighted by molar-refractivity contribution is 0.324. The average molecular weight is 275 g/mol. The van der Waals surface area contributed by atoms with E-state index in [1.807, 2.05) is 12.1 Å². The summed E-state index contributed by atoms with van der Waals surface area (Å²) in [5.74, 6) is 0. The normalized spacial score (nSPS) is 10.8. The fraction of sp³-hybridized carbons (Fsp3) is 0.125. The Balaban J connectivity index is 2.97. The molecule has 0 unspecified atom stereocenters. The predicted octanol–water partition coefficient (Wildman–Crippen LogP) is 1.74. The second-order valence-electron chi connectivity index (χ2n) is 2.53. The molecule has 0 atom stereocenters. The zero-order valence-electron chi connectivity index (χ0n) is 6.37. The molecular formula is C8H6INO2. The molecular weight excluding hydrogens is 269 g/mol. The van der Waals surface area contributed by atoms with Crippen LogP contribution in [0.5, 0.6) is 0 Å². The van der Waals surface area contributed by atoms with Crippen molar-refractivity contribution in [1.29, 1.82) is 0 Å². The molecule has 62 valence electrons. The van der Waals surface area contributed by atoms with Crippen LogP contribution in [0.1, 0.15) is 0 Å². The highest BCUT2D eigenvalue weighted by molar-refractivity contribution is 14.1. The van der Waals surface area contributed by atoms with Crippen LogP contribution in [0.2, 0.25) is 0 Å². The molecule has 0 aliphatic rings. The Bertz CT molecular complexity index is 483. The van der Waals surface area contributed by atoms with Gasteiger partial charge < -0.3 is 4.52 Å². The third kappa shape index (κ3) is 1.06. The molecule has 0 radical (unpaired) electrons. The van der Waals surface area contributed by atoms with Crippen LogP contribution in [0.3, 0.4) is 0 Å². The Morgan fingerprint density at radius 1 is 1.50 bits per heavy atom. The molecule has 0 saturated heterocycles. The van der Waals surface area contributed by atoms with E-state index in [-0.39, 0.29) is 5.56 Å². The van der Waals surface area contributed by atoms with Gasteiger partial charge in [-0.2, -0.15) is 4.74 Å². The average Bonchev–Trinajstić information content (AvgIpc) is 2.28. The summed E-state index contributed by atoms with van der Waals surface area (Å²) in [4.78, 5) is 11.3. The standard InChI is InChI=1S/C8H6INO2/c1-10-8(11)6-3-2-5(9)4-7(6)12-10/h2-4H,1H3. The zero-order valence-corrected chi connectivity index (χ0v) is 8.53. The summed E-state index contributed by atoms with van der Waals surface area (Å²) in [5.41, 5.74) is 0.566. The van der Waals surface area contributed by atoms with Crippen molar-refractivity contribution in [2.24, 2.45) is 7.05 Å². The molecule has 1 aromatic heterocycles. The van der Waals surface area contributed by atoms with Crippen LogP contribution in [-0.4, -0.2) is 4.74 Å². The number of fused-ring (bicyclic) bond motifs is 1. The fourth-order valence-corrected chi connectivity index (χ4v) is 1.57. The van der Waals surface area contributed by atoms with Crippen LogP contribution in [0.4, 0.5) is 0 Å². The smallest absolute Gasteiger partial charge is 0.290 e. The van der Waals surface area contributed by atoms with E-state index in [4.69, 9.17) is 4.52 Å². The number of aryl methyl sites for hydroxylation is 1. The minimum Gasteiger partial charge on any atom is -0.376 e. The van der Waals surface area contributed by atoms with Gasteiger partial charge in [-0.1, -0.05) is 0 Å². The minimum atomic E-state index is -0.0820. The SMILES string of the molecule is Cn1oc2cc(I)ccc2c1=O. The summed E-state index contributed by atoms with van der Waals surface area (Å²) in [7, 11) is 1.61. The van der Waals surface area contributed by atoms with Gasteiger partial charge in [0.25, 0.3) is 5.56 Å². The van der Waals surface area contributed by atoms with Gasteiger partial charge in [0.15, 0.2) is 5.58 Å². The number of nitrogens with zero attached hydrogens (tertiary/aromatic N) is 1. The minimum absolute atomic E-state index is 0.0820. The molecule has 0 spiro atoms. The molecule has 2 aromatic rings. The molecule has 0 bridgehead atoms. The van der Waals surface area contributed by atoms with Gasteiger partial charge in [0.1, 0.15) is 0 Å². The predicted molar refractivity (Wildman–Crippen MR) is 54.2 cm³/mol. The molecule has 0 saturated carbocycles. The van der Waals surface area contributed by atoms with E-state index >= 15 is 0 Å². The van der Waals surface area contributed by atoms with Crippen molar-refractivity contribution in [3.05, 3.63) is 32.1 Å². The van der Waals surface area contributed by atoms with Crippen LogP contribution in [0, 0.1) is 3.57 Å². The van der Waals surface area contributed by atoms with Crippen molar-refractivity contribution in [2.45, 2.75) is 0 Å². The van der Waals surface area contributed by atoms with Crippen LogP contribution in [0.25, 0.3) is 11.0 Å². The van der Waals surface area contributed by atoms with Crippen molar-refractivity contribution >= 4 is 33.6 Å². The molecule has 0 N–H and O–H groups in total. The lowest BCUT2D eigenvalue weighted by atomic mass is 10.3. The third-order valence-corrected chi connectivity index (χ3v) is 2.37. The highest BCUT2D eigenvalue weighted by atomic mass is 127. The van der Waals surface area contributed by atoms with Gasteiger partial charge in [-0.25, -0.2) is 0 Å². The van der Waals surface area contributed by atoms with Crippen molar-refractivity contribution in [2.75, 3.05) is 0 Å². The molecule has 0 fully saturated rings. The van der Waals surface area contributed by atoms with Gasteiger partial charge in [-0.3, -0.25) is 4.79 Å². The monoisotopic (exact) mass is 275 g/mol. The van der Waals surface area contributed by atoms with E-state index in [0.29, 0.717) is 11.0 Å². The maximum absolute atomic E-state index is 11.3. The van der Waals surface area contributed by atoms with Gasteiger partial charge in [0.2, 0.25) is 0 Å². The second-order valence-corrected chi connectivity index (χ2v) is 3.78. The Kier molecular flexibility index (Phi) is 1.71. The molecule has 0 amide bonds. The summed E-state index contributed by atoms with van der Waals surface area (Å²) in [5, 5.41) is 0.637. The summed E-state index contributed by atoms with van der Waals surface area (Å²) in [6, 6.07) is 5.51. The summed E-state index contributed by atoms with van der Waals surface area (Å²) in [6.45, 7) is 0. The Morgan fingerprint density at radius 3 is 3.00 bits per heavy atom. The summed E-state index contributed by atoms with van der Waals surface area (Å²) < 4.78 is 7.48. The van der Waals surface area contributed by atoms with Crippen LogP contribution >= 0.6 is 22.6 Å². The Labute approximate surface area is 82.1 Å². The first-order valence-electron chi connectivity index (χ1n) is 3.44. The maximum atomic E-state index is 11.3. The lowest BCUT2D eigenvalue weighted by Gasteiger charge is -1.86. The first kappa shape index (κ1) is 7.85. The van der Waals surface area contributed by atoms with E-state index in [2.05, 4.69) is 22.6 Å². The Hall–Kier alpha value is -0.780. The van der Waals surface area contributed by atoms with Crippen LogP contribution in [-0.2, 0) is 7.05 Å². The topological polar surface area (TPSA) is 35.1 Å². The number of rotatable bonds is 0. The van der Waals surface area contributed by atoms with Crippen LogP contribution in [0.15, 0.2) is 27.5 Å². The quantitative estimate of drug-likeness (QED) is 0.686. The fourth-order valence-electron chi connectivity index (χ4n) is 1.11. The number of hydrogen-bond donors (Lipinski definition) is 0. The van der Waals surface area contributed by atoms with Gasteiger partial charge >= 0.3 is 0 Å². The molecule has 12 heavy (non-hydrogen) atoms. The van der Waals surface area contributed by atoms with E-state index in [1.165, 1.54) is 4.74 Å².